The van der Waals surface area contributed by atoms with Crippen LogP contribution in [0.2, 0.25) is 0 Å². The van der Waals surface area contributed by atoms with E-state index in [0.29, 0.717) is 17.9 Å². The van der Waals surface area contributed by atoms with Crippen LogP contribution in [0.1, 0.15) is 12.5 Å². The molecule has 2 heterocycles. The highest BCUT2D eigenvalue weighted by atomic mass is 32.2. The van der Waals surface area contributed by atoms with E-state index in [1.165, 1.54) is 10.6 Å². The molecular weight excluding hydrogens is 408 g/mol. The Morgan fingerprint density at radius 2 is 1.79 bits per heavy atom. The lowest BCUT2D eigenvalue weighted by Crippen LogP contribution is -2.34. The van der Waals surface area contributed by atoms with Gasteiger partial charge in [0.05, 0.1) is 31.9 Å². The molecule has 1 aliphatic rings. The fourth-order valence-electron chi connectivity index (χ4n) is 3.78. The van der Waals surface area contributed by atoms with Gasteiger partial charge in [-0.1, -0.05) is 6.07 Å². The Balaban J connectivity index is 1.67. The van der Waals surface area contributed by atoms with Crippen LogP contribution < -0.4 is 13.8 Å². The van der Waals surface area contributed by atoms with Crippen LogP contribution in [0.3, 0.4) is 0 Å². The normalized spacial score (nSPS) is 16.0. The summed E-state index contributed by atoms with van der Waals surface area (Å²) in [5.41, 5.74) is 4.60. The van der Waals surface area contributed by atoms with Crippen LogP contribution in [-0.4, -0.2) is 39.9 Å². The van der Waals surface area contributed by atoms with Crippen molar-refractivity contribution in [3.63, 3.8) is 0 Å². The van der Waals surface area contributed by atoms with Gasteiger partial charge >= 0.3 is 0 Å². The maximum absolute atomic E-state index is 12.1. The predicted octanol–water partition coefficient (Wildman–Crippen LogP) is 4.20. The summed E-state index contributed by atoms with van der Waals surface area (Å²) in [5, 5.41) is 2.90. The maximum atomic E-state index is 12.1. The number of hydrogen-bond acceptors (Lipinski definition) is 6. The van der Waals surface area contributed by atoms with Crippen LogP contribution in [0, 0.1) is 0 Å². The van der Waals surface area contributed by atoms with Gasteiger partial charge < -0.3 is 9.47 Å². The van der Waals surface area contributed by atoms with Crippen LogP contribution in [0.25, 0.3) is 21.8 Å². The molecule has 0 saturated heterocycles. The highest BCUT2D eigenvalue weighted by molar-refractivity contribution is 7.92. The predicted molar refractivity (Wildman–Crippen MR) is 117 cm³/mol. The van der Waals surface area contributed by atoms with Crippen LogP contribution in [-0.2, 0) is 16.4 Å². The zero-order chi connectivity index (χ0) is 20.8. The van der Waals surface area contributed by atoms with Crippen molar-refractivity contribution >= 4 is 27.0 Å². The average molecular weight is 431 g/mol. The first-order valence-electron chi connectivity index (χ1n) is 9.12. The van der Waals surface area contributed by atoms with Gasteiger partial charge in [0.2, 0.25) is 10.0 Å². The summed E-state index contributed by atoms with van der Waals surface area (Å²) in [6.07, 6.45) is 1.95. The number of fused-ring (bicyclic) bond motifs is 1. The number of hydrogen-bond donors (Lipinski definition) is 0. The van der Waals surface area contributed by atoms with Crippen LogP contribution >= 0.6 is 11.3 Å². The van der Waals surface area contributed by atoms with Crippen LogP contribution in [0.4, 0.5) is 5.69 Å². The summed E-state index contributed by atoms with van der Waals surface area (Å²) >= 11 is 1.55. The van der Waals surface area contributed by atoms with E-state index < -0.39 is 10.0 Å². The molecule has 3 aromatic rings. The number of thiazole rings is 1. The van der Waals surface area contributed by atoms with Crippen molar-refractivity contribution in [1.82, 2.24) is 4.98 Å². The van der Waals surface area contributed by atoms with E-state index in [1.54, 1.807) is 25.6 Å². The molecule has 0 unspecified atom stereocenters. The van der Waals surface area contributed by atoms with Gasteiger partial charge in [-0.3, -0.25) is 4.31 Å². The van der Waals surface area contributed by atoms with Crippen molar-refractivity contribution < 1.29 is 17.9 Å². The van der Waals surface area contributed by atoms with Crippen molar-refractivity contribution in [2.45, 2.75) is 19.4 Å². The number of ether oxygens (including phenoxy) is 2. The number of benzene rings is 2. The number of nitrogens with zero attached hydrogens (tertiary/aromatic N) is 2. The molecule has 0 bridgehead atoms. The standard InChI is InChI=1S/C21H22N2O4S2/c1-13-9-16-10-14(5-7-18(16)23(13)29(4,24)25)17-12-28-21(22-17)15-6-8-19(26-2)20(11-15)27-3/h5-8,10-13H,9H2,1-4H3/t13-/m0/s1. The largest absolute Gasteiger partial charge is 0.493 e. The van der Waals surface area contributed by atoms with Gasteiger partial charge in [0.1, 0.15) is 5.01 Å². The van der Waals surface area contributed by atoms with Crippen molar-refractivity contribution in [3.05, 3.63) is 47.3 Å². The molecule has 0 amide bonds. The molecule has 0 fully saturated rings. The molecule has 4 rings (SSSR count). The summed E-state index contributed by atoms with van der Waals surface area (Å²) in [4.78, 5) is 4.78. The smallest absolute Gasteiger partial charge is 0.232 e. The van der Waals surface area contributed by atoms with E-state index in [2.05, 4.69) is 0 Å². The SMILES string of the molecule is COc1ccc(-c2nc(-c3ccc4c(c3)C[C@H](C)N4S(C)(=O)=O)cs2)cc1OC. The summed E-state index contributed by atoms with van der Waals surface area (Å²) in [6.45, 7) is 1.93. The third kappa shape index (κ3) is 3.58. The molecule has 0 aliphatic carbocycles. The first kappa shape index (κ1) is 19.7. The fraction of sp³-hybridized carbons (Fsp3) is 0.286. The van der Waals surface area contributed by atoms with Gasteiger partial charge in [-0.15, -0.1) is 11.3 Å². The van der Waals surface area contributed by atoms with Gasteiger partial charge in [-0.05, 0) is 49.2 Å². The molecule has 29 heavy (non-hydrogen) atoms. The molecule has 1 atom stereocenters. The van der Waals surface area contributed by atoms with Gasteiger partial charge in [0, 0.05) is 22.5 Å². The monoisotopic (exact) mass is 430 g/mol. The minimum Gasteiger partial charge on any atom is -0.493 e. The zero-order valence-corrected chi connectivity index (χ0v) is 18.3. The van der Waals surface area contributed by atoms with Crippen LogP contribution in [0.15, 0.2) is 41.8 Å². The topological polar surface area (TPSA) is 68.7 Å². The molecule has 0 saturated carbocycles. The summed E-state index contributed by atoms with van der Waals surface area (Å²) in [7, 11) is -0.0682. The second-order valence-electron chi connectivity index (χ2n) is 7.06. The molecule has 0 N–H and O–H groups in total. The summed E-state index contributed by atoms with van der Waals surface area (Å²) < 4.78 is 36.4. The first-order valence-corrected chi connectivity index (χ1v) is 11.8. The Morgan fingerprint density at radius 1 is 1.07 bits per heavy atom. The summed E-state index contributed by atoms with van der Waals surface area (Å²) in [5.74, 6) is 1.34. The number of aromatic nitrogens is 1. The van der Waals surface area contributed by atoms with E-state index in [4.69, 9.17) is 14.5 Å². The number of rotatable bonds is 5. The molecule has 0 radical (unpaired) electrons. The van der Waals surface area contributed by atoms with E-state index in [-0.39, 0.29) is 6.04 Å². The van der Waals surface area contributed by atoms with Gasteiger partial charge in [0.15, 0.2) is 11.5 Å². The van der Waals surface area contributed by atoms with E-state index in [9.17, 15) is 8.42 Å². The minimum absolute atomic E-state index is 0.0759. The second-order valence-corrected chi connectivity index (χ2v) is 9.78. The first-order chi connectivity index (χ1) is 13.8. The molecule has 8 heteroatoms. The maximum Gasteiger partial charge on any atom is 0.232 e. The highest BCUT2D eigenvalue weighted by Gasteiger charge is 2.32. The average Bonchev–Trinajstić information content (AvgIpc) is 3.30. The quantitative estimate of drug-likeness (QED) is 0.607. The molecule has 6 nitrogen and oxygen atoms in total. The van der Waals surface area contributed by atoms with Crippen molar-refractivity contribution in [1.29, 1.82) is 0 Å². The highest BCUT2D eigenvalue weighted by Crippen LogP contribution is 2.39. The number of methoxy groups -OCH3 is 2. The zero-order valence-electron chi connectivity index (χ0n) is 16.7. The molecule has 0 spiro atoms. The van der Waals surface area contributed by atoms with E-state index in [1.807, 2.05) is 48.7 Å². The Morgan fingerprint density at radius 3 is 2.48 bits per heavy atom. The molecule has 1 aromatic heterocycles. The lowest BCUT2D eigenvalue weighted by Gasteiger charge is -2.21. The number of sulfonamides is 1. The van der Waals surface area contributed by atoms with Crippen molar-refractivity contribution in [3.8, 4) is 33.3 Å². The Bertz CT molecular complexity index is 1170. The lowest BCUT2D eigenvalue weighted by molar-refractivity contribution is 0.355. The van der Waals surface area contributed by atoms with E-state index in [0.717, 1.165) is 33.1 Å². The summed E-state index contributed by atoms with van der Waals surface area (Å²) in [6, 6.07) is 11.5. The van der Waals surface area contributed by atoms with Gasteiger partial charge in [0.25, 0.3) is 0 Å². The minimum atomic E-state index is -3.29. The van der Waals surface area contributed by atoms with Gasteiger partial charge in [-0.25, -0.2) is 13.4 Å². The Labute approximate surface area is 174 Å². The Kier molecular flexibility index (Phi) is 5.00. The molecule has 2 aromatic carbocycles. The lowest BCUT2D eigenvalue weighted by atomic mass is 10.1. The van der Waals surface area contributed by atoms with E-state index >= 15 is 0 Å². The third-order valence-electron chi connectivity index (χ3n) is 5.02. The third-order valence-corrected chi connectivity index (χ3v) is 7.18. The van der Waals surface area contributed by atoms with Gasteiger partial charge in [-0.2, -0.15) is 0 Å². The van der Waals surface area contributed by atoms with Crippen LogP contribution in [0.5, 0.6) is 11.5 Å². The van der Waals surface area contributed by atoms with Crippen molar-refractivity contribution in [2.75, 3.05) is 24.8 Å². The molecule has 152 valence electrons. The fourth-order valence-corrected chi connectivity index (χ4v) is 5.87. The molecule has 1 aliphatic heterocycles. The van der Waals surface area contributed by atoms with Crippen molar-refractivity contribution in [2.24, 2.45) is 0 Å². The Hall–Kier alpha value is -2.58. The second kappa shape index (κ2) is 7.35. The molecular formula is C21H22N2O4S2. The number of anilines is 1.